The number of hydrogen-bond donors (Lipinski definition) is 1. The van der Waals surface area contributed by atoms with Crippen molar-refractivity contribution >= 4 is 11.9 Å². The van der Waals surface area contributed by atoms with Gasteiger partial charge in [0, 0.05) is 57.7 Å². The van der Waals surface area contributed by atoms with E-state index in [9.17, 15) is 9.18 Å². The number of pyridine rings is 1. The lowest BCUT2D eigenvalue weighted by molar-refractivity contribution is 0.0908. The van der Waals surface area contributed by atoms with Crippen molar-refractivity contribution in [3.63, 3.8) is 0 Å². The summed E-state index contributed by atoms with van der Waals surface area (Å²) in [6.45, 7) is 2.56. The molecule has 2 aromatic heterocycles. The van der Waals surface area contributed by atoms with Crippen LogP contribution in [0.4, 0.5) is 10.3 Å². The molecule has 0 aliphatic carbocycles. The first-order chi connectivity index (χ1) is 15.5. The molecule has 1 aliphatic rings. The number of carbonyl (C=O) groups excluding carboxylic acids is 1. The van der Waals surface area contributed by atoms with Gasteiger partial charge in [0.15, 0.2) is 0 Å². The van der Waals surface area contributed by atoms with Gasteiger partial charge in [-0.1, -0.05) is 12.1 Å². The fourth-order valence-corrected chi connectivity index (χ4v) is 3.77. The molecule has 1 aromatic carbocycles. The first kappa shape index (κ1) is 21.8. The number of nitrogens with one attached hydrogen (secondary N) is 1. The van der Waals surface area contributed by atoms with Crippen LogP contribution < -0.4 is 10.2 Å². The van der Waals surface area contributed by atoms with E-state index in [1.807, 2.05) is 25.1 Å². The topological polar surface area (TPSA) is 74.2 Å². The molecule has 4 rings (SSSR count). The van der Waals surface area contributed by atoms with Crippen LogP contribution in [0.3, 0.4) is 0 Å². The Morgan fingerprint density at radius 1 is 1.16 bits per heavy atom. The van der Waals surface area contributed by atoms with Gasteiger partial charge in [0.05, 0.1) is 17.0 Å². The van der Waals surface area contributed by atoms with Crippen molar-refractivity contribution in [2.45, 2.75) is 25.4 Å². The van der Waals surface area contributed by atoms with E-state index in [2.05, 4.69) is 25.2 Å². The summed E-state index contributed by atoms with van der Waals surface area (Å²) in [5.41, 5.74) is 2.82. The quantitative estimate of drug-likeness (QED) is 0.643. The van der Waals surface area contributed by atoms with E-state index < -0.39 is 0 Å². The summed E-state index contributed by atoms with van der Waals surface area (Å²) < 4.78 is 13.4. The smallest absolute Gasteiger partial charge is 0.253 e. The lowest BCUT2D eigenvalue weighted by Gasteiger charge is -2.32. The van der Waals surface area contributed by atoms with Gasteiger partial charge in [-0.25, -0.2) is 14.4 Å². The van der Waals surface area contributed by atoms with Crippen LogP contribution in [0.1, 0.15) is 28.9 Å². The maximum absolute atomic E-state index is 13.4. The van der Waals surface area contributed by atoms with Gasteiger partial charge < -0.3 is 10.2 Å². The molecule has 3 heterocycles. The summed E-state index contributed by atoms with van der Waals surface area (Å²) >= 11 is 0. The zero-order valence-electron chi connectivity index (χ0n) is 18.3. The molecular weight excluding hydrogens is 407 g/mol. The third-order valence-corrected chi connectivity index (χ3v) is 5.55. The van der Waals surface area contributed by atoms with E-state index in [1.165, 1.54) is 12.1 Å². The molecule has 0 bridgehead atoms. The zero-order valence-corrected chi connectivity index (χ0v) is 18.3. The molecule has 7 nitrogen and oxygen atoms in total. The second-order valence-corrected chi connectivity index (χ2v) is 8.21. The Balaban J connectivity index is 1.28. The number of carbonyl (C=O) groups is 1. The van der Waals surface area contributed by atoms with Crippen molar-refractivity contribution in [1.82, 2.24) is 25.2 Å². The van der Waals surface area contributed by atoms with Crippen LogP contribution in [0.15, 0.2) is 54.9 Å². The zero-order chi connectivity index (χ0) is 22.5. The Morgan fingerprint density at radius 3 is 2.66 bits per heavy atom. The van der Waals surface area contributed by atoms with Crippen molar-refractivity contribution in [2.24, 2.45) is 0 Å². The summed E-state index contributed by atoms with van der Waals surface area (Å²) in [7, 11) is 3.86. The van der Waals surface area contributed by atoms with Gasteiger partial charge >= 0.3 is 0 Å². The molecule has 0 unspecified atom stereocenters. The van der Waals surface area contributed by atoms with E-state index in [1.54, 1.807) is 36.7 Å². The number of halogens is 1. The fraction of sp³-hybridized carbons (Fsp3) is 0.333. The van der Waals surface area contributed by atoms with E-state index in [-0.39, 0.29) is 17.8 Å². The summed E-state index contributed by atoms with van der Waals surface area (Å²) in [6.07, 6.45) is 5.10. The van der Waals surface area contributed by atoms with Gasteiger partial charge in [0.1, 0.15) is 5.82 Å². The largest absolute Gasteiger partial charge is 0.349 e. The number of nitrogens with zero attached hydrogens (tertiary/aromatic N) is 5. The second kappa shape index (κ2) is 9.82. The number of aromatic nitrogens is 3. The number of anilines is 1. The van der Waals surface area contributed by atoms with Gasteiger partial charge in [-0.15, -0.1) is 0 Å². The number of rotatable bonds is 6. The molecule has 0 saturated carbocycles. The Bertz CT molecular complexity index is 1060. The second-order valence-electron chi connectivity index (χ2n) is 8.21. The molecule has 1 N–H and O–H groups in total. The van der Waals surface area contributed by atoms with Crippen molar-refractivity contribution in [1.29, 1.82) is 0 Å². The SMILES string of the molecule is CN(C)c1nccc(CN2CCC(NC(=O)c3ccc(-c4cccc(F)c4)nc3)CC2)n1. The van der Waals surface area contributed by atoms with Gasteiger partial charge in [0.25, 0.3) is 5.91 Å². The number of hydrogen-bond acceptors (Lipinski definition) is 6. The minimum absolute atomic E-state index is 0.129. The van der Waals surface area contributed by atoms with Crippen molar-refractivity contribution in [2.75, 3.05) is 32.1 Å². The summed E-state index contributed by atoms with van der Waals surface area (Å²) in [5, 5.41) is 3.11. The highest BCUT2D eigenvalue weighted by Crippen LogP contribution is 2.19. The van der Waals surface area contributed by atoms with E-state index >= 15 is 0 Å². The molecule has 166 valence electrons. The highest BCUT2D eigenvalue weighted by Gasteiger charge is 2.22. The predicted molar refractivity (Wildman–Crippen MR) is 122 cm³/mol. The number of piperidine rings is 1. The van der Waals surface area contributed by atoms with Crippen LogP contribution >= 0.6 is 0 Å². The van der Waals surface area contributed by atoms with E-state index in [0.29, 0.717) is 22.8 Å². The lowest BCUT2D eigenvalue weighted by Crippen LogP contribution is -2.44. The van der Waals surface area contributed by atoms with Crippen molar-refractivity contribution < 1.29 is 9.18 Å². The number of amides is 1. The summed E-state index contributed by atoms with van der Waals surface area (Å²) in [5.74, 6) is 0.269. The summed E-state index contributed by atoms with van der Waals surface area (Å²) in [4.78, 5) is 30.1. The predicted octanol–water partition coefficient (Wildman–Crippen LogP) is 3.14. The highest BCUT2D eigenvalue weighted by molar-refractivity contribution is 5.94. The third kappa shape index (κ3) is 5.45. The van der Waals surface area contributed by atoms with Crippen LogP contribution in [0, 0.1) is 5.82 Å². The minimum Gasteiger partial charge on any atom is -0.349 e. The fourth-order valence-electron chi connectivity index (χ4n) is 3.77. The number of likely N-dealkylation sites (tertiary alicyclic amines) is 1. The maximum Gasteiger partial charge on any atom is 0.253 e. The molecule has 0 atom stereocenters. The maximum atomic E-state index is 13.4. The standard InChI is InChI=1S/C24H27FN6O/c1-30(2)24-26-11-8-21(29-24)16-31-12-9-20(10-13-31)28-23(32)18-6-7-22(27-15-18)17-4-3-5-19(25)14-17/h3-8,11,14-15,20H,9-10,12-13,16H2,1-2H3,(H,28,32). The molecule has 1 aliphatic heterocycles. The van der Waals surface area contributed by atoms with Crippen LogP contribution in [0.5, 0.6) is 0 Å². The molecule has 3 aromatic rings. The Hall–Kier alpha value is -3.39. The molecule has 0 radical (unpaired) electrons. The summed E-state index contributed by atoms with van der Waals surface area (Å²) in [6, 6.07) is 11.8. The molecule has 8 heteroatoms. The van der Waals surface area contributed by atoms with E-state index in [4.69, 9.17) is 0 Å². The highest BCUT2D eigenvalue weighted by atomic mass is 19.1. The van der Waals surface area contributed by atoms with Gasteiger partial charge in [-0.2, -0.15) is 0 Å². The van der Waals surface area contributed by atoms with Crippen molar-refractivity contribution in [3.05, 3.63) is 71.9 Å². The van der Waals surface area contributed by atoms with Crippen LogP contribution in [0.2, 0.25) is 0 Å². The Kier molecular flexibility index (Phi) is 6.70. The molecular formula is C24H27FN6O. The normalized spacial score (nSPS) is 14.8. The molecule has 1 saturated heterocycles. The Morgan fingerprint density at radius 2 is 1.97 bits per heavy atom. The lowest BCUT2D eigenvalue weighted by atomic mass is 10.0. The van der Waals surface area contributed by atoms with Gasteiger partial charge in [-0.05, 0) is 43.2 Å². The molecule has 0 spiro atoms. The molecule has 1 amide bonds. The monoisotopic (exact) mass is 434 g/mol. The van der Waals surface area contributed by atoms with Gasteiger partial charge in [0.2, 0.25) is 5.95 Å². The van der Waals surface area contributed by atoms with Crippen LogP contribution in [0.25, 0.3) is 11.3 Å². The van der Waals surface area contributed by atoms with Crippen molar-refractivity contribution in [3.8, 4) is 11.3 Å². The average Bonchev–Trinajstić information content (AvgIpc) is 2.80. The van der Waals surface area contributed by atoms with E-state index in [0.717, 1.165) is 38.2 Å². The molecule has 32 heavy (non-hydrogen) atoms. The first-order valence-corrected chi connectivity index (χ1v) is 10.7. The first-order valence-electron chi connectivity index (χ1n) is 10.7. The molecule has 1 fully saturated rings. The number of benzene rings is 1. The van der Waals surface area contributed by atoms with Crippen LogP contribution in [-0.2, 0) is 6.54 Å². The van der Waals surface area contributed by atoms with Gasteiger partial charge in [-0.3, -0.25) is 14.7 Å². The minimum atomic E-state index is -0.310. The average molecular weight is 435 g/mol. The van der Waals surface area contributed by atoms with Crippen LogP contribution in [-0.4, -0.2) is 59.0 Å². The third-order valence-electron chi connectivity index (χ3n) is 5.55. The Labute approximate surface area is 187 Å².